The van der Waals surface area contributed by atoms with Gasteiger partial charge in [0.05, 0.1) is 12.2 Å². The Balaban J connectivity index is 1.67. The van der Waals surface area contributed by atoms with Crippen LogP contribution in [0.4, 0.5) is 10.1 Å². The fraction of sp³-hybridized carbons (Fsp3) is 0.167. The summed E-state index contributed by atoms with van der Waals surface area (Å²) in [6, 6.07) is 9.22. The van der Waals surface area contributed by atoms with Crippen LogP contribution in [0.3, 0.4) is 0 Å². The third-order valence-electron chi connectivity index (χ3n) is 3.92. The Morgan fingerprint density at radius 3 is 2.84 bits per heavy atom. The van der Waals surface area contributed by atoms with Gasteiger partial charge in [0, 0.05) is 30.1 Å². The third kappa shape index (κ3) is 2.84. The van der Waals surface area contributed by atoms with Gasteiger partial charge >= 0.3 is 0 Å². The summed E-state index contributed by atoms with van der Waals surface area (Å²) in [5, 5.41) is 3.88. The number of halogens is 1. The summed E-state index contributed by atoms with van der Waals surface area (Å²) in [6.45, 7) is 2.16. The van der Waals surface area contributed by atoms with Crippen LogP contribution in [0, 0.1) is 5.82 Å². The number of rotatable bonds is 2. The average Bonchev–Trinajstić information content (AvgIpc) is 3.11. The molecule has 1 amide bonds. The summed E-state index contributed by atoms with van der Waals surface area (Å²) in [7, 11) is 0. The van der Waals surface area contributed by atoms with Crippen molar-refractivity contribution in [3.8, 4) is 17.1 Å². The molecule has 0 saturated carbocycles. The van der Waals surface area contributed by atoms with Crippen molar-refractivity contribution in [2.75, 3.05) is 11.4 Å². The van der Waals surface area contributed by atoms with E-state index in [2.05, 4.69) is 10.1 Å². The molecule has 4 rings (SSSR count). The SMILES string of the molecule is CC1CN(C(=O)c2cc(-c3ccncc3)on2)c2ccc(F)cc2O1. The van der Waals surface area contributed by atoms with Crippen molar-refractivity contribution in [3.63, 3.8) is 0 Å². The van der Waals surface area contributed by atoms with Gasteiger partial charge in [0.2, 0.25) is 0 Å². The number of nitrogens with zero attached hydrogens (tertiary/aromatic N) is 3. The van der Waals surface area contributed by atoms with Crippen LogP contribution in [-0.2, 0) is 0 Å². The maximum Gasteiger partial charge on any atom is 0.280 e. The van der Waals surface area contributed by atoms with Crippen LogP contribution >= 0.6 is 0 Å². The van der Waals surface area contributed by atoms with Crippen molar-refractivity contribution in [2.24, 2.45) is 0 Å². The molecular weight excluding hydrogens is 325 g/mol. The molecule has 6 nitrogen and oxygen atoms in total. The molecule has 0 aliphatic carbocycles. The smallest absolute Gasteiger partial charge is 0.280 e. The van der Waals surface area contributed by atoms with E-state index in [1.165, 1.54) is 23.1 Å². The van der Waals surface area contributed by atoms with Crippen LogP contribution in [0.5, 0.6) is 5.75 Å². The topological polar surface area (TPSA) is 68.5 Å². The molecule has 1 atom stereocenters. The number of benzene rings is 1. The fourth-order valence-electron chi connectivity index (χ4n) is 2.77. The van der Waals surface area contributed by atoms with Crippen molar-refractivity contribution in [3.05, 3.63) is 60.3 Å². The minimum Gasteiger partial charge on any atom is -0.487 e. The lowest BCUT2D eigenvalue weighted by Gasteiger charge is -2.32. The first-order valence-corrected chi connectivity index (χ1v) is 7.77. The molecule has 1 aromatic carbocycles. The van der Waals surface area contributed by atoms with Crippen molar-refractivity contribution < 1.29 is 18.4 Å². The predicted octanol–water partition coefficient (Wildman–Crippen LogP) is 3.30. The van der Waals surface area contributed by atoms with Gasteiger partial charge in [0.1, 0.15) is 17.7 Å². The second kappa shape index (κ2) is 6.01. The van der Waals surface area contributed by atoms with E-state index in [0.717, 1.165) is 5.56 Å². The number of carbonyl (C=O) groups is 1. The lowest BCUT2D eigenvalue weighted by molar-refractivity contribution is 0.0952. The molecule has 7 heteroatoms. The Kier molecular flexibility index (Phi) is 3.68. The summed E-state index contributed by atoms with van der Waals surface area (Å²) >= 11 is 0. The second-order valence-electron chi connectivity index (χ2n) is 5.77. The highest BCUT2D eigenvalue weighted by atomic mass is 19.1. The summed E-state index contributed by atoms with van der Waals surface area (Å²) in [5.41, 5.74) is 1.47. The van der Waals surface area contributed by atoms with Crippen LogP contribution < -0.4 is 9.64 Å². The normalized spacial score (nSPS) is 16.2. The van der Waals surface area contributed by atoms with E-state index in [1.807, 2.05) is 6.92 Å². The molecule has 1 aliphatic heterocycles. The Morgan fingerprint density at radius 2 is 2.04 bits per heavy atom. The summed E-state index contributed by atoms with van der Waals surface area (Å²) in [4.78, 5) is 18.3. The van der Waals surface area contributed by atoms with E-state index in [4.69, 9.17) is 9.26 Å². The summed E-state index contributed by atoms with van der Waals surface area (Å²) in [6.07, 6.45) is 3.01. The van der Waals surface area contributed by atoms with Gasteiger partial charge in [0.15, 0.2) is 11.5 Å². The lowest BCUT2D eigenvalue weighted by Crippen LogP contribution is -2.42. The second-order valence-corrected chi connectivity index (χ2v) is 5.77. The number of pyridine rings is 1. The van der Waals surface area contributed by atoms with Crippen molar-refractivity contribution in [1.29, 1.82) is 0 Å². The van der Waals surface area contributed by atoms with Crippen LogP contribution in [0.25, 0.3) is 11.3 Å². The minimum absolute atomic E-state index is 0.177. The molecule has 0 N–H and O–H groups in total. The van der Waals surface area contributed by atoms with Crippen LogP contribution in [-0.4, -0.2) is 28.7 Å². The molecule has 1 unspecified atom stereocenters. The zero-order valence-corrected chi connectivity index (χ0v) is 13.3. The lowest BCUT2D eigenvalue weighted by atomic mass is 10.1. The molecule has 0 saturated heterocycles. The number of amides is 1. The Morgan fingerprint density at radius 1 is 1.24 bits per heavy atom. The van der Waals surface area contributed by atoms with E-state index in [1.54, 1.807) is 30.6 Å². The molecule has 1 aliphatic rings. The van der Waals surface area contributed by atoms with E-state index >= 15 is 0 Å². The highest BCUT2D eigenvalue weighted by Gasteiger charge is 2.30. The fourth-order valence-corrected chi connectivity index (χ4v) is 2.77. The zero-order chi connectivity index (χ0) is 17.4. The third-order valence-corrected chi connectivity index (χ3v) is 3.92. The number of hydrogen-bond acceptors (Lipinski definition) is 5. The molecule has 3 aromatic rings. The Labute approximate surface area is 142 Å². The van der Waals surface area contributed by atoms with Gasteiger partial charge in [0.25, 0.3) is 5.91 Å². The highest BCUT2D eigenvalue weighted by molar-refractivity contribution is 6.06. The molecule has 0 radical (unpaired) electrons. The Bertz CT molecular complexity index is 926. The van der Waals surface area contributed by atoms with Gasteiger partial charge in [-0.25, -0.2) is 4.39 Å². The van der Waals surface area contributed by atoms with E-state index < -0.39 is 5.82 Å². The number of fused-ring (bicyclic) bond motifs is 1. The van der Waals surface area contributed by atoms with Gasteiger partial charge in [-0.3, -0.25) is 14.7 Å². The van der Waals surface area contributed by atoms with E-state index in [0.29, 0.717) is 23.7 Å². The molecule has 0 fully saturated rings. The molecule has 2 aromatic heterocycles. The van der Waals surface area contributed by atoms with Crippen molar-refractivity contribution in [2.45, 2.75) is 13.0 Å². The first-order valence-electron chi connectivity index (χ1n) is 7.77. The monoisotopic (exact) mass is 339 g/mol. The van der Waals surface area contributed by atoms with Gasteiger partial charge in [-0.2, -0.15) is 0 Å². The van der Waals surface area contributed by atoms with Crippen molar-refractivity contribution >= 4 is 11.6 Å². The minimum atomic E-state index is -0.415. The van der Waals surface area contributed by atoms with Crippen LogP contribution in [0.1, 0.15) is 17.4 Å². The van der Waals surface area contributed by atoms with Crippen LogP contribution in [0.2, 0.25) is 0 Å². The van der Waals surface area contributed by atoms with Gasteiger partial charge in [-0.15, -0.1) is 0 Å². The summed E-state index contributed by atoms with van der Waals surface area (Å²) < 4.78 is 24.3. The molecular formula is C18H14FN3O3. The number of ether oxygens (including phenoxy) is 1. The molecule has 0 spiro atoms. The first-order chi connectivity index (χ1) is 12.1. The molecule has 25 heavy (non-hydrogen) atoms. The maximum atomic E-state index is 13.4. The number of aromatic nitrogens is 2. The van der Waals surface area contributed by atoms with Gasteiger partial charge in [-0.05, 0) is 31.2 Å². The number of hydrogen-bond donors (Lipinski definition) is 0. The number of anilines is 1. The molecule has 126 valence electrons. The van der Waals surface area contributed by atoms with Crippen molar-refractivity contribution in [1.82, 2.24) is 10.1 Å². The average molecular weight is 339 g/mol. The first kappa shape index (κ1) is 15.3. The quantitative estimate of drug-likeness (QED) is 0.716. The standard InChI is InChI=1S/C18H14FN3O3/c1-11-10-22(15-3-2-13(19)8-17(15)24-11)18(23)14-9-16(25-21-14)12-4-6-20-7-5-12/h2-9,11H,10H2,1H3. The maximum absolute atomic E-state index is 13.4. The highest BCUT2D eigenvalue weighted by Crippen LogP contribution is 2.35. The Hall–Kier alpha value is -3.22. The van der Waals surface area contributed by atoms with Gasteiger partial charge < -0.3 is 9.26 Å². The zero-order valence-electron chi connectivity index (χ0n) is 13.3. The predicted molar refractivity (Wildman–Crippen MR) is 87.9 cm³/mol. The molecule has 0 bridgehead atoms. The van der Waals surface area contributed by atoms with E-state index in [9.17, 15) is 9.18 Å². The van der Waals surface area contributed by atoms with E-state index in [-0.39, 0.29) is 17.7 Å². The number of carbonyl (C=O) groups excluding carboxylic acids is 1. The molecule has 3 heterocycles. The van der Waals surface area contributed by atoms with Crippen LogP contribution in [0.15, 0.2) is 53.3 Å². The largest absolute Gasteiger partial charge is 0.487 e. The van der Waals surface area contributed by atoms with Gasteiger partial charge in [-0.1, -0.05) is 5.16 Å². The summed E-state index contributed by atoms with van der Waals surface area (Å²) in [5.74, 6) is 0.0741.